The molecule has 1 aromatic rings. The van der Waals surface area contributed by atoms with Crippen LogP contribution in [0.4, 0.5) is 0 Å². The second-order valence-electron chi connectivity index (χ2n) is 3.85. The number of rotatable bonds is 5. The number of nitrogens with one attached hydrogen (secondary N) is 1. The Morgan fingerprint density at radius 1 is 1.50 bits per heavy atom. The van der Waals surface area contributed by atoms with Gasteiger partial charge in [0.05, 0.1) is 12.7 Å². The minimum atomic E-state index is -1.41. The van der Waals surface area contributed by atoms with E-state index in [-0.39, 0.29) is 0 Å². The number of carbonyl (C=O) groups excluding carboxylic acids is 1. The molecule has 0 saturated heterocycles. The molecular formula is C9H14N4O3. The molecule has 0 aliphatic heterocycles. The van der Waals surface area contributed by atoms with Gasteiger partial charge in [-0.1, -0.05) is 5.21 Å². The van der Waals surface area contributed by atoms with Crippen molar-refractivity contribution in [1.29, 1.82) is 0 Å². The molecule has 0 spiro atoms. The van der Waals surface area contributed by atoms with Crippen molar-refractivity contribution < 1.29 is 14.7 Å². The number of aromatic nitrogens is 3. The summed E-state index contributed by atoms with van der Waals surface area (Å²) in [7, 11) is 0. The van der Waals surface area contributed by atoms with E-state index in [0.717, 1.165) is 0 Å². The molecule has 1 rings (SSSR count). The third-order valence-electron chi connectivity index (χ3n) is 2.20. The van der Waals surface area contributed by atoms with Gasteiger partial charge in [0, 0.05) is 12.7 Å². The summed E-state index contributed by atoms with van der Waals surface area (Å²) in [5.74, 6) is -1.66. The maximum Gasteiger partial charge on any atom is 0.318 e. The zero-order valence-electron chi connectivity index (χ0n) is 9.17. The number of aliphatic carboxylic acids is 1. The van der Waals surface area contributed by atoms with Gasteiger partial charge in [-0.05, 0) is 13.8 Å². The van der Waals surface area contributed by atoms with Gasteiger partial charge < -0.3 is 10.4 Å². The summed E-state index contributed by atoms with van der Waals surface area (Å²) in [6.07, 6.45) is 3.19. The highest BCUT2D eigenvalue weighted by Crippen LogP contribution is 2.14. The molecule has 0 unspecified atom stereocenters. The van der Waals surface area contributed by atoms with Gasteiger partial charge in [0.15, 0.2) is 0 Å². The van der Waals surface area contributed by atoms with Crippen molar-refractivity contribution in [1.82, 2.24) is 20.3 Å². The van der Waals surface area contributed by atoms with E-state index in [1.165, 1.54) is 20.0 Å². The van der Waals surface area contributed by atoms with Crippen molar-refractivity contribution in [3.8, 4) is 0 Å². The van der Waals surface area contributed by atoms with Crippen LogP contribution in [0.5, 0.6) is 0 Å². The summed E-state index contributed by atoms with van der Waals surface area (Å²) in [5.41, 5.74) is -1.41. The Balaban J connectivity index is 2.39. The van der Waals surface area contributed by atoms with Crippen LogP contribution in [0, 0.1) is 5.41 Å². The van der Waals surface area contributed by atoms with Crippen LogP contribution in [0.15, 0.2) is 12.4 Å². The molecule has 0 atom stereocenters. The molecule has 1 amide bonds. The molecule has 7 nitrogen and oxygen atoms in total. The highest BCUT2D eigenvalue weighted by Gasteiger charge is 2.35. The molecule has 2 N–H and O–H groups in total. The lowest BCUT2D eigenvalue weighted by Gasteiger charge is -2.18. The zero-order valence-corrected chi connectivity index (χ0v) is 9.17. The molecule has 16 heavy (non-hydrogen) atoms. The molecule has 0 aromatic carbocycles. The van der Waals surface area contributed by atoms with Crippen LogP contribution < -0.4 is 5.32 Å². The van der Waals surface area contributed by atoms with E-state index in [2.05, 4.69) is 15.6 Å². The van der Waals surface area contributed by atoms with Crippen molar-refractivity contribution in [3.63, 3.8) is 0 Å². The first-order chi connectivity index (χ1) is 7.44. The number of hydrogen-bond acceptors (Lipinski definition) is 4. The predicted molar refractivity (Wildman–Crippen MR) is 54.4 cm³/mol. The second-order valence-corrected chi connectivity index (χ2v) is 3.85. The van der Waals surface area contributed by atoms with Crippen molar-refractivity contribution in [3.05, 3.63) is 12.4 Å². The lowest BCUT2D eigenvalue weighted by molar-refractivity contribution is -0.153. The van der Waals surface area contributed by atoms with E-state index in [0.29, 0.717) is 13.1 Å². The molecule has 0 bridgehead atoms. The van der Waals surface area contributed by atoms with E-state index >= 15 is 0 Å². The van der Waals surface area contributed by atoms with Gasteiger partial charge in [-0.15, -0.1) is 5.10 Å². The third kappa shape index (κ3) is 2.78. The Morgan fingerprint density at radius 2 is 2.19 bits per heavy atom. The Hall–Kier alpha value is -1.92. The van der Waals surface area contributed by atoms with Gasteiger partial charge in [0.2, 0.25) is 5.91 Å². The van der Waals surface area contributed by atoms with Crippen LogP contribution in [0.1, 0.15) is 13.8 Å². The SMILES string of the molecule is CC(C)(C(=O)O)C(=O)NCCn1ccnn1. The highest BCUT2D eigenvalue weighted by molar-refractivity contribution is 6.00. The molecule has 0 aliphatic carbocycles. The summed E-state index contributed by atoms with van der Waals surface area (Å²) in [6, 6.07) is 0. The van der Waals surface area contributed by atoms with Crippen molar-refractivity contribution in [2.75, 3.05) is 6.54 Å². The first kappa shape index (κ1) is 12.2. The van der Waals surface area contributed by atoms with E-state index < -0.39 is 17.3 Å². The first-order valence-corrected chi connectivity index (χ1v) is 4.80. The average molecular weight is 226 g/mol. The van der Waals surface area contributed by atoms with E-state index in [1.54, 1.807) is 10.9 Å². The summed E-state index contributed by atoms with van der Waals surface area (Å²) < 4.78 is 1.55. The Bertz CT molecular complexity index is 372. The Labute approximate surface area is 92.4 Å². The monoisotopic (exact) mass is 226 g/mol. The van der Waals surface area contributed by atoms with Crippen LogP contribution in [0.2, 0.25) is 0 Å². The lowest BCUT2D eigenvalue weighted by Crippen LogP contribution is -2.43. The molecule has 0 radical (unpaired) electrons. The molecule has 7 heteroatoms. The number of hydrogen-bond donors (Lipinski definition) is 2. The van der Waals surface area contributed by atoms with Gasteiger partial charge in [-0.3, -0.25) is 14.3 Å². The molecule has 0 fully saturated rings. The number of nitrogens with zero attached hydrogens (tertiary/aromatic N) is 3. The summed E-state index contributed by atoms with van der Waals surface area (Å²) in [4.78, 5) is 22.3. The molecule has 0 aliphatic rings. The van der Waals surface area contributed by atoms with E-state index in [4.69, 9.17) is 5.11 Å². The summed E-state index contributed by atoms with van der Waals surface area (Å²) >= 11 is 0. The summed E-state index contributed by atoms with van der Waals surface area (Å²) in [6.45, 7) is 3.50. The van der Waals surface area contributed by atoms with Crippen LogP contribution in [-0.4, -0.2) is 38.5 Å². The number of amides is 1. The third-order valence-corrected chi connectivity index (χ3v) is 2.20. The van der Waals surface area contributed by atoms with Gasteiger partial charge in [-0.25, -0.2) is 0 Å². The second kappa shape index (κ2) is 4.73. The minimum Gasteiger partial charge on any atom is -0.480 e. The largest absolute Gasteiger partial charge is 0.480 e. The maximum absolute atomic E-state index is 11.5. The number of carbonyl (C=O) groups is 2. The van der Waals surface area contributed by atoms with Crippen LogP contribution >= 0.6 is 0 Å². The predicted octanol–water partition coefficient (Wildman–Crippen LogP) is -0.495. The lowest BCUT2D eigenvalue weighted by atomic mass is 9.93. The van der Waals surface area contributed by atoms with Gasteiger partial charge in [0.25, 0.3) is 0 Å². The van der Waals surface area contributed by atoms with Crippen LogP contribution in [0.3, 0.4) is 0 Å². The average Bonchev–Trinajstić information content (AvgIpc) is 2.70. The highest BCUT2D eigenvalue weighted by atomic mass is 16.4. The van der Waals surface area contributed by atoms with E-state index in [9.17, 15) is 9.59 Å². The fourth-order valence-electron chi connectivity index (χ4n) is 0.954. The standard InChI is InChI=1S/C9H14N4O3/c1-9(2,8(15)16)7(14)10-3-5-13-6-4-11-12-13/h4,6H,3,5H2,1-2H3,(H,10,14)(H,15,16). The number of carboxylic acid groups (broad SMARTS) is 1. The molecular weight excluding hydrogens is 212 g/mol. The normalized spacial score (nSPS) is 11.1. The zero-order chi connectivity index (χ0) is 12.2. The van der Waals surface area contributed by atoms with Crippen LogP contribution in [0.25, 0.3) is 0 Å². The van der Waals surface area contributed by atoms with Gasteiger partial charge in [0.1, 0.15) is 5.41 Å². The minimum absolute atomic E-state index is 0.318. The van der Waals surface area contributed by atoms with Crippen molar-refractivity contribution in [2.45, 2.75) is 20.4 Å². The topological polar surface area (TPSA) is 97.1 Å². The van der Waals surface area contributed by atoms with Crippen molar-refractivity contribution in [2.24, 2.45) is 5.41 Å². The maximum atomic E-state index is 11.5. The van der Waals surface area contributed by atoms with Gasteiger partial charge >= 0.3 is 5.97 Å². The molecule has 1 aromatic heterocycles. The van der Waals surface area contributed by atoms with Crippen LogP contribution in [-0.2, 0) is 16.1 Å². The summed E-state index contributed by atoms with van der Waals surface area (Å²) in [5, 5.41) is 18.7. The Kier molecular flexibility index (Phi) is 3.60. The Morgan fingerprint density at radius 3 is 2.69 bits per heavy atom. The smallest absolute Gasteiger partial charge is 0.318 e. The fourth-order valence-corrected chi connectivity index (χ4v) is 0.954. The first-order valence-electron chi connectivity index (χ1n) is 4.80. The molecule has 1 heterocycles. The number of carboxylic acids is 1. The van der Waals surface area contributed by atoms with Gasteiger partial charge in [-0.2, -0.15) is 0 Å². The quantitative estimate of drug-likeness (QED) is 0.660. The fraction of sp³-hybridized carbons (Fsp3) is 0.556. The molecule has 0 saturated carbocycles. The molecule has 88 valence electrons. The van der Waals surface area contributed by atoms with E-state index in [1.807, 2.05) is 0 Å². The van der Waals surface area contributed by atoms with Crippen molar-refractivity contribution >= 4 is 11.9 Å².